The molecule has 0 spiro atoms. The number of carbonyl (C=O) groups excluding carboxylic acids is 1. The number of anilines is 1. The zero-order valence-electron chi connectivity index (χ0n) is 13.7. The number of aromatic nitrogens is 2. The second-order valence-electron chi connectivity index (χ2n) is 5.42. The molecule has 0 unspecified atom stereocenters. The van der Waals surface area contributed by atoms with E-state index in [0.717, 1.165) is 34.5 Å². The van der Waals surface area contributed by atoms with Gasteiger partial charge in [0.05, 0.1) is 24.7 Å². The minimum atomic E-state index is -0.303. The predicted octanol–water partition coefficient (Wildman–Crippen LogP) is 2.47. The molecule has 1 heterocycles. The normalized spacial score (nSPS) is 10.4. The van der Waals surface area contributed by atoms with E-state index in [1.54, 1.807) is 12.4 Å². The van der Waals surface area contributed by atoms with Gasteiger partial charge in [0.15, 0.2) is 0 Å². The smallest absolute Gasteiger partial charge is 0.319 e. The fraction of sp³-hybridized carbons (Fsp3) is 0.353. The zero-order valence-corrected chi connectivity index (χ0v) is 13.7. The maximum absolute atomic E-state index is 12.0. The van der Waals surface area contributed by atoms with Gasteiger partial charge >= 0.3 is 6.03 Å². The second-order valence-corrected chi connectivity index (χ2v) is 5.42. The summed E-state index contributed by atoms with van der Waals surface area (Å²) >= 11 is 0. The first-order valence-electron chi connectivity index (χ1n) is 7.59. The van der Waals surface area contributed by atoms with Crippen LogP contribution >= 0.6 is 0 Å². The summed E-state index contributed by atoms with van der Waals surface area (Å²) in [5.41, 5.74) is 4.58. The number of benzene rings is 1. The van der Waals surface area contributed by atoms with Gasteiger partial charge in [0.25, 0.3) is 0 Å². The Morgan fingerprint density at radius 3 is 2.30 bits per heavy atom. The molecule has 122 valence electrons. The molecule has 0 saturated carbocycles. The molecule has 0 fully saturated rings. The number of hydrogen-bond acceptors (Lipinski definition) is 4. The lowest BCUT2D eigenvalue weighted by Crippen LogP contribution is -2.29. The molecule has 0 radical (unpaired) electrons. The number of urea groups is 1. The molecule has 0 atom stereocenters. The number of aryl methyl sites for hydroxylation is 3. The van der Waals surface area contributed by atoms with Crippen LogP contribution in [-0.2, 0) is 19.6 Å². The van der Waals surface area contributed by atoms with E-state index in [9.17, 15) is 9.90 Å². The Morgan fingerprint density at radius 2 is 1.78 bits per heavy atom. The average molecular weight is 314 g/mol. The Morgan fingerprint density at radius 1 is 1.17 bits per heavy atom. The van der Waals surface area contributed by atoms with E-state index in [-0.39, 0.29) is 12.6 Å². The third kappa shape index (κ3) is 4.50. The van der Waals surface area contributed by atoms with Gasteiger partial charge in [-0.2, -0.15) is 0 Å². The molecule has 6 heteroatoms. The van der Waals surface area contributed by atoms with Gasteiger partial charge in [-0.3, -0.25) is 0 Å². The Bertz CT molecular complexity index is 660. The molecular formula is C17H22N4O2. The Balaban J connectivity index is 1.96. The lowest BCUT2D eigenvalue weighted by Gasteiger charge is -2.13. The molecule has 6 nitrogen and oxygen atoms in total. The van der Waals surface area contributed by atoms with Crippen molar-refractivity contribution in [1.29, 1.82) is 0 Å². The quantitative estimate of drug-likeness (QED) is 0.791. The molecule has 23 heavy (non-hydrogen) atoms. The molecule has 1 aromatic heterocycles. The number of hydrogen-bond donors (Lipinski definition) is 3. The molecule has 1 aromatic carbocycles. The number of carbonyl (C=O) groups is 1. The van der Waals surface area contributed by atoms with Gasteiger partial charge in [0, 0.05) is 13.0 Å². The van der Waals surface area contributed by atoms with E-state index in [4.69, 9.17) is 0 Å². The lowest BCUT2D eigenvalue weighted by molar-refractivity contribution is 0.251. The van der Waals surface area contributed by atoms with Crippen molar-refractivity contribution in [3.05, 3.63) is 52.6 Å². The van der Waals surface area contributed by atoms with Crippen molar-refractivity contribution in [3.8, 4) is 0 Å². The first kappa shape index (κ1) is 16.9. The molecule has 2 rings (SSSR count). The molecule has 2 amide bonds. The van der Waals surface area contributed by atoms with Gasteiger partial charge in [-0.25, -0.2) is 14.8 Å². The lowest BCUT2D eigenvalue weighted by atomic mass is 9.99. The number of amides is 2. The van der Waals surface area contributed by atoms with Crippen LogP contribution < -0.4 is 10.6 Å². The van der Waals surface area contributed by atoms with Gasteiger partial charge in [0.2, 0.25) is 0 Å². The Hall–Kier alpha value is -2.47. The summed E-state index contributed by atoms with van der Waals surface area (Å²) < 4.78 is 0. The fourth-order valence-electron chi connectivity index (χ4n) is 2.40. The van der Waals surface area contributed by atoms with Crippen molar-refractivity contribution in [2.45, 2.75) is 40.3 Å². The van der Waals surface area contributed by atoms with Crippen LogP contribution in [0.4, 0.5) is 10.5 Å². The highest BCUT2D eigenvalue weighted by Gasteiger charge is 2.08. The number of rotatable bonds is 5. The van der Waals surface area contributed by atoms with Crippen molar-refractivity contribution in [1.82, 2.24) is 15.3 Å². The van der Waals surface area contributed by atoms with Gasteiger partial charge in [-0.1, -0.05) is 19.1 Å². The van der Waals surface area contributed by atoms with Crippen molar-refractivity contribution < 1.29 is 9.90 Å². The van der Waals surface area contributed by atoms with Crippen LogP contribution in [0.3, 0.4) is 0 Å². The SMILES string of the molecule is CCc1ncc(NC(=O)NCc2c(C)cc(CO)cc2C)cn1. The monoisotopic (exact) mass is 314 g/mol. The third-order valence-corrected chi connectivity index (χ3v) is 3.64. The minimum absolute atomic E-state index is 0.0175. The molecule has 0 bridgehead atoms. The predicted molar refractivity (Wildman–Crippen MR) is 89.1 cm³/mol. The first-order chi connectivity index (χ1) is 11.0. The maximum Gasteiger partial charge on any atom is 0.319 e. The summed E-state index contributed by atoms with van der Waals surface area (Å²) in [7, 11) is 0. The fourth-order valence-corrected chi connectivity index (χ4v) is 2.40. The summed E-state index contributed by atoms with van der Waals surface area (Å²) in [4.78, 5) is 20.2. The summed E-state index contributed by atoms with van der Waals surface area (Å²) in [6, 6.07) is 3.56. The zero-order chi connectivity index (χ0) is 16.8. The van der Waals surface area contributed by atoms with Gasteiger partial charge in [0.1, 0.15) is 5.82 Å². The van der Waals surface area contributed by atoms with Gasteiger partial charge in [-0.05, 0) is 36.1 Å². The molecule has 0 saturated heterocycles. The molecule has 0 aliphatic heterocycles. The molecule has 2 aromatic rings. The minimum Gasteiger partial charge on any atom is -0.392 e. The second kappa shape index (κ2) is 7.69. The Kier molecular flexibility index (Phi) is 5.65. The highest BCUT2D eigenvalue weighted by atomic mass is 16.3. The molecular weight excluding hydrogens is 292 g/mol. The van der Waals surface area contributed by atoms with Crippen LogP contribution in [0, 0.1) is 13.8 Å². The standard InChI is InChI=1S/C17H22N4O2/c1-4-16-18-7-14(8-19-16)21-17(23)20-9-15-11(2)5-13(10-22)6-12(15)3/h5-8,22H,4,9-10H2,1-3H3,(H2,20,21,23). The van der Waals surface area contributed by atoms with E-state index in [2.05, 4.69) is 20.6 Å². The molecule has 0 aliphatic rings. The van der Waals surface area contributed by atoms with Crippen molar-refractivity contribution in [2.24, 2.45) is 0 Å². The van der Waals surface area contributed by atoms with E-state index in [1.165, 1.54) is 0 Å². The van der Waals surface area contributed by atoms with Crippen LogP contribution in [0.25, 0.3) is 0 Å². The van der Waals surface area contributed by atoms with Crippen LogP contribution in [0.1, 0.15) is 35.0 Å². The van der Waals surface area contributed by atoms with Gasteiger partial charge in [-0.15, -0.1) is 0 Å². The molecule has 0 aliphatic carbocycles. The maximum atomic E-state index is 12.0. The van der Waals surface area contributed by atoms with Crippen LogP contribution in [-0.4, -0.2) is 21.1 Å². The largest absolute Gasteiger partial charge is 0.392 e. The summed E-state index contributed by atoms with van der Waals surface area (Å²) in [5, 5.41) is 14.7. The van der Waals surface area contributed by atoms with Gasteiger partial charge < -0.3 is 15.7 Å². The highest BCUT2D eigenvalue weighted by molar-refractivity contribution is 5.88. The highest BCUT2D eigenvalue weighted by Crippen LogP contribution is 2.16. The number of nitrogens with zero attached hydrogens (tertiary/aromatic N) is 2. The summed E-state index contributed by atoms with van der Waals surface area (Å²) in [5.74, 6) is 0.742. The van der Waals surface area contributed by atoms with E-state index >= 15 is 0 Å². The summed E-state index contributed by atoms with van der Waals surface area (Å²) in [6.07, 6.45) is 3.95. The average Bonchev–Trinajstić information content (AvgIpc) is 2.54. The van der Waals surface area contributed by atoms with Crippen LogP contribution in [0.2, 0.25) is 0 Å². The van der Waals surface area contributed by atoms with E-state index in [0.29, 0.717) is 12.2 Å². The number of nitrogens with one attached hydrogen (secondary N) is 2. The van der Waals surface area contributed by atoms with Crippen molar-refractivity contribution >= 4 is 11.7 Å². The number of aliphatic hydroxyl groups excluding tert-OH is 1. The third-order valence-electron chi connectivity index (χ3n) is 3.64. The Labute approximate surface area is 136 Å². The van der Waals surface area contributed by atoms with E-state index < -0.39 is 0 Å². The van der Waals surface area contributed by atoms with Crippen LogP contribution in [0.5, 0.6) is 0 Å². The topological polar surface area (TPSA) is 87.1 Å². The number of aliphatic hydroxyl groups is 1. The van der Waals surface area contributed by atoms with Crippen LogP contribution in [0.15, 0.2) is 24.5 Å². The van der Waals surface area contributed by atoms with E-state index in [1.807, 2.05) is 32.9 Å². The van der Waals surface area contributed by atoms with Crippen molar-refractivity contribution in [3.63, 3.8) is 0 Å². The summed E-state index contributed by atoms with van der Waals surface area (Å²) in [6.45, 7) is 6.35. The first-order valence-corrected chi connectivity index (χ1v) is 7.59. The molecule has 3 N–H and O–H groups in total. The van der Waals surface area contributed by atoms with Crippen molar-refractivity contribution in [2.75, 3.05) is 5.32 Å².